The Morgan fingerprint density at radius 3 is 2.60 bits per heavy atom. The number of pyridine rings is 2. The summed E-state index contributed by atoms with van der Waals surface area (Å²) in [4.78, 5) is 8.11. The molecular formula is C13H16N4O2S. The summed E-state index contributed by atoms with van der Waals surface area (Å²) in [5.41, 5.74) is 1.04. The van der Waals surface area contributed by atoms with E-state index in [4.69, 9.17) is 0 Å². The molecule has 0 saturated heterocycles. The Bertz CT molecular complexity index is 659. The van der Waals surface area contributed by atoms with Crippen LogP contribution >= 0.6 is 0 Å². The lowest BCUT2D eigenvalue weighted by Gasteiger charge is -2.08. The van der Waals surface area contributed by atoms with E-state index in [2.05, 4.69) is 20.0 Å². The van der Waals surface area contributed by atoms with Gasteiger partial charge in [0.15, 0.2) is 0 Å². The number of nitrogens with one attached hydrogen (secondary N) is 2. The van der Waals surface area contributed by atoms with Gasteiger partial charge in [-0.3, -0.25) is 4.98 Å². The van der Waals surface area contributed by atoms with Crippen LogP contribution in [0.25, 0.3) is 0 Å². The van der Waals surface area contributed by atoms with Crippen molar-refractivity contribution in [2.24, 2.45) is 0 Å². The summed E-state index contributed by atoms with van der Waals surface area (Å²) in [5.74, 6) is 0.516. The van der Waals surface area contributed by atoms with Crippen molar-refractivity contribution < 1.29 is 8.42 Å². The molecule has 2 aromatic heterocycles. The molecule has 0 fully saturated rings. The lowest BCUT2D eigenvalue weighted by atomic mass is 10.2. The minimum absolute atomic E-state index is 0.201. The predicted molar refractivity (Wildman–Crippen MR) is 76.9 cm³/mol. The van der Waals surface area contributed by atoms with Crippen molar-refractivity contribution in [1.29, 1.82) is 0 Å². The highest BCUT2D eigenvalue weighted by molar-refractivity contribution is 7.89. The summed E-state index contributed by atoms with van der Waals surface area (Å²) in [5, 5.41) is 2.81. The Morgan fingerprint density at radius 1 is 1.15 bits per heavy atom. The maximum Gasteiger partial charge on any atom is 0.240 e. The number of anilines is 1. The van der Waals surface area contributed by atoms with Gasteiger partial charge in [0.2, 0.25) is 10.0 Å². The van der Waals surface area contributed by atoms with Crippen LogP contribution in [0.5, 0.6) is 0 Å². The monoisotopic (exact) mass is 292 g/mol. The van der Waals surface area contributed by atoms with Crippen LogP contribution in [0.2, 0.25) is 0 Å². The van der Waals surface area contributed by atoms with E-state index in [9.17, 15) is 8.42 Å². The van der Waals surface area contributed by atoms with E-state index in [-0.39, 0.29) is 4.90 Å². The third-order valence-electron chi connectivity index (χ3n) is 2.75. The Labute approximate surface area is 118 Å². The molecule has 0 unspecified atom stereocenters. The van der Waals surface area contributed by atoms with Gasteiger partial charge in [0.25, 0.3) is 0 Å². The van der Waals surface area contributed by atoms with E-state index >= 15 is 0 Å². The molecule has 0 saturated carbocycles. The average Bonchev–Trinajstić information content (AvgIpc) is 2.48. The fourth-order valence-electron chi connectivity index (χ4n) is 1.68. The van der Waals surface area contributed by atoms with Crippen LogP contribution in [0.15, 0.2) is 47.8 Å². The first kappa shape index (κ1) is 14.4. The van der Waals surface area contributed by atoms with Crippen molar-refractivity contribution in [3.63, 3.8) is 0 Å². The minimum atomic E-state index is -3.51. The number of nitrogens with zero attached hydrogens (tertiary/aromatic N) is 2. The summed E-state index contributed by atoms with van der Waals surface area (Å²) in [6, 6.07) is 6.68. The van der Waals surface area contributed by atoms with Crippen LogP contribution in [-0.2, 0) is 16.4 Å². The number of hydrogen-bond acceptors (Lipinski definition) is 5. The highest BCUT2D eigenvalue weighted by Crippen LogP contribution is 2.12. The molecule has 0 bridgehead atoms. The molecule has 0 atom stereocenters. The molecule has 20 heavy (non-hydrogen) atoms. The van der Waals surface area contributed by atoms with Crippen molar-refractivity contribution in [2.45, 2.75) is 11.3 Å². The smallest absolute Gasteiger partial charge is 0.240 e. The number of sulfonamides is 1. The Balaban J connectivity index is 2.00. The molecule has 0 radical (unpaired) electrons. The maximum absolute atomic E-state index is 12.1. The molecule has 6 nitrogen and oxygen atoms in total. The van der Waals surface area contributed by atoms with Gasteiger partial charge >= 0.3 is 0 Å². The van der Waals surface area contributed by atoms with Gasteiger partial charge in [0, 0.05) is 38.2 Å². The van der Waals surface area contributed by atoms with Crippen molar-refractivity contribution >= 4 is 15.8 Å². The first-order valence-corrected chi connectivity index (χ1v) is 7.62. The van der Waals surface area contributed by atoms with E-state index in [1.54, 1.807) is 19.4 Å². The van der Waals surface area contributed by atoms with Crippen molar-refractivity contribution in [1.82, 2.24) is 14.7 Å². The molecule has 0 aromatic carbocycles. The molecule has 0 amide bonds. The molecule has 2 rings (SSSR count). The molecule has 106 valence electrons. The van der Waals surface area contributed by atoms with Crippen LogP contribution in [0.4, 0.5) is 5.82 Å². The summed E-state index contributed by atoms with van der Waals surface area (Å²) in [6.07, 6.45) is 5.45. The van der Waals surface area contributed by atoms with Crippen LogP contribution < -0.4 is 10.0 Å². The minimum Gasteiger partial charge on any atom is -0.373 e. The first-order chi connectivity index (χ1) is 9.62. The van der Waals surface area contributed by atoms with Crippen LogP contribution in [-0.4, -0.2) is 32.0 Å². The van der Waals surface area contributed by atoms with E-state index in [0.29, 0.717) is 18.8 Å². The second-order valence-corrected chi connectivity index (χ2v) is 5.90. The zero-order chi connectivity index (χ0) is 14.4. The molecule has 2 heterocycles. The Morgan fingerprint density at radius 2 is 1.90 bits per heavy atom. The largest absolute Gasteiger partial charge is 0.373 e. The summed E-state index contributed by atoms with van der Waals surface area (Å²) < 4.78 is 26.8. The van der Waals surface area contributed by atoms with Gasteiger partial charge in [-0.15, -0.1) is 0 Å². The van der Waals surface area contributed by atoms with Crippen LogP contribution in [0, 0.1) is 0 Å². The number of rotatable bonds is 6. The van der Waals surface area contributed by atoms with Crippen molar-refractivity contribution in [3.05, 3.63) is 48.4 Å². The molecule has 7 heteroatoms. The van der Waals surface area contributed by atoms with Crippen LogP contribution in [0.1, 0.15) is 5.56 Å². The van der Waals surface area contributed by atoms with Gasteiger partial charge in [-0.25, -0.2) is 18.1 Å². The predicted octanol–water partition coefficient (Wildman–Crippen LogP) is 1.04. The normalized spacial score (nSPS) is 11.2. The molecule has 0 aliphatic heterocycles. The maximum atomic E-state index is 12.1. The number of aromatic nitrogens is 2. The zero-order valence-corrected chi connectivity index (χ0v) is 11.9. The van der Waals surface area contributed by atoms with Crippen molar-refractivity contribution in [3.8, 4) is 0 Å². The van der Waals surface area contributed by atoms with Gasteiger partial charge in [-0.1, -0.05) is 0 Å². The van der Waals surface area contributed by atoms with Gasteiger partial charge < -0.3 is 5.32 Å². The molecule has 0 aliphatic rings. The van der Waals surface area contributed by atoms with Gasteiger partial charge in [0.1, 0.15) is 5.82 Å². The summed E-state index contributed by atoms with van der Waals surface area (Å²) in [6.45, 7) is 0.337. The average molecular weight is 292 g/mol. The SMILES string of the molecule is CNc1cc(S(=O)(=O)NCCc2ccncc2)ccn1. The highest BCUT2D eigenvalue weighted by atomic mass is 32.2. The van der Waals surface area contributed by atoms with Crippen molar-refractivity contribution in [2.75, 3.05) is 18.9 Å². The second-order valence-electron chi connectivity index (χ2n) is 4.13. The first-order valence-electron chi connectivity index (χ1n) is 6.14. The fourth-order valence-corrected chi connectivity index (χ4v) is 2.72. The fraction of sp³-hybridized carbons (Fsp3) is 0.231. The number of hydrogen-bond donors (Lipinski definition) is 2. The van der Waals surface area contributed by atoms with E-state index in [1.807, 2.05) is 12.1 Å². The summed E-state index contributed by atoms with van der Waals surface area (Å²) >= 11 is 0. The van der Waals surface area contributed by atoms with E-state index in [1.165, 1.54) is 18.3 Å². The standard InChI is InChI=1S/C13H16N4O2S/c1-14-13-10-12(5-8-16-13)20(18,19)17-9-4-11-2-6-15-7-3-11/h2-3,5-8,10,17H,4,9H2,1H3,(H,14,16). The van der Waals surface area contributed by atoms with Crippen LogP contribution in [0.3, 0.4) is 0 Å². The molecule has 2 N–H and O–H groups in total. The Kier molecular flexibility index (Phi) is 4.65. The molecule has 2 aromatic rings. The van der Waals surface area contributed by atoms with E-state index < -0.39 is 10.0 Å². The third kappa shape index (κ3) is 3.75. The quantitative estimate of drug-likeness (QED) is 0.831. The highest BCUT2D eigenvalue weighted by Gasteiger charge is 2.13. The molecular weight excluding hydrogens is 276 g/mol. The lowest BCUT2D eigenvalue weighted by molar-refractivity contribution is 0.581. The third-order valence-corrected chi connectivity index (χ3v) is 4.21. The van der Waals surface area contributed by atoms with Gasteiger partial charge in [-0.05, 0) is 30.2 Å². The summed E-state index contributed by atoms with van der Waals surface area (Å²) in [7, 11) is -1.82. The van der Waals surface area contributed by atoms with Gasteiger partial charge in [0.05, 0.1) is 4.90 Å². The molecule has 0 spiro atoms. The second kappa shape index (κ2) is 6.44. The van der Waals surface area contributed by atoms with E-state index in [0.717, 1.165) is 5.56 Å². The topological polar surface area (TPSA) is 84.0 Å². The Hall–Kier alpha value is -1.99. The van der Waals surface area contributed by atoms with Gasteiger partial charge in [-0.2, -0.15) is 0 Å². The lowest BCUT2D eigenvalue weighted by Crippen LogP contribution is -2.26. The molecule has 0 aliphatic carbocycles. The zero-order valence-electron chi connectivity index (χ0n) is 11.1.